The van der Waals surface area contributed by atoms with Crippen molar-refractivity contribution in [3.63, 3.8) is 0 Å². The molecule has 0 spiro atoms. The number of aryl methyl sites for hydroxylation is 1. The molecule has 1 amide bonds. The number of thiazole rings is 1. The highest BCUT2D eigenvalue weighted by atomic mass is 32.1. The molecule has 1 aliphatic carbocycles. The average molecular weight is 420 g/mol. The number of rotatable bonds is 7. The molecule has 3 aromatic rings. The van der Waals surface area contributed by atoms with Crippen LogP contribution < -0.4 is 5.73 Å². The number of benzene rings is 2. The van der Waals surface area contributed by atoms with Gasteiger partial charge in [0.2, 0.25) is 5.91 Å². The number of carbonyl (C=O) groups is 1. The van der Waals surface area contributed by atoms with Gasteiger partial charge in [-0.3, -0.25) is 9.69 Å². The van der Waals surface area contributed by atoms with Crippen LogP contribution in [0.4, 0.5) is 0 Å². The van der Waals surface area contributed by atoms with Gasteiger partial charge in [-0.05, 0) is 50.3 Å². The fourth-order valence-electron chi connectivity index (χ4n) is 5.14. The summed E-state index contributed by atoms with van der Waals surface area (Å²) in [7, 11) is 2.17. The summed E-state index contributed by atoms with van der Waals surface area (Å²) in [6, 6.07) is 20.6. The molecule has 4 nitrogen and oxygen atoms in total. The first-order chi connectivity index (χ1) is 14.5. The first kappa shape index (κ1) is 20.8. The molecular formula is C25H29N3OS. The number of hydrogen-bond acceptors (Lipinski definition) is 4. The van der Waals surface area contributed by atoms with E-state index in [2.05, 4.69) is 22.3 Å². The molecule has 2 N–H and O–H groups in total. The minimum absolute atomic E-state index is 0.157. The SMILES string of the molecule is Cc1nc(CN(C)C2CCC(C(C(N)=O)(c3ccccc3)c3ccccc3)C2)cs1. The van der Waals surface area contributed by atoms with Gasteiger partial charge in [0, 0.05) is 18.0 Å². The predicted octanol–water partition coefficient (Wildman–Crippen LogP) is 4.52. The van der Waals surface area contributed by atoms with Crippen molar-refractivity contribution in [2.24, 2.45) is 11.7 Å². The third-order valence-corrected chi connectivity index (χ3v) is 7.39. The largest absolute Gasteiger partial charge is 0.369 e. The molecule has 0 bridgehead atoms. The second-order valence-corrected chi connectivity index (χ2v) is 9.40. The maximum absolute atomic E-state index is 13.2. The number of nitrogens with two attached hydrogens (primary N) is 1. The number of hydrogen-bond donors (Lipinski definition) is 1. The third-order valence-electron chi connectivity index (χ3n) is 6.57. The van der Waals surface area contributed by atoms with Crippen LogP contribution in [0.2, 0.25) is 0 Å². The lowest BCUT2D eigenvalue weighted by Gasteiger charge is -2.38. The summed E-state index contributed by atoms with van der Waals surface area (Å²) >= 11 is 1.69. The van der Waals surface area contributed by atoms with Gasteiger partial charge in [-0.1, -0.05) is 60.7 Å². The van der Waals surface area contributed by atoms with Gasteiger partial charge < -0.3 is 5.73 Å². The number of primary amides is 1. The fourth-order valence-corrected chi connectivity index (χ4v) is 5.75. The van der Waals surface area contributed by atoms with Crippen molar-refractivity contribution >= 4 is 17.2 Å². The molecule has 5 heteroatoms. The first-order valence-electron chi connectivity index (χ1n) is 10.5. The average Bonchev–Trinajstić information content (AvgIpc) is 3.40. The van der Waals surface area contributed by atoms with E-state index < -0.39 is 5.41 Å². The van der Waals surface area contributed by atoms with Crippen LogP contribution in [0.1, 0.15) is 41.1 Å². The molecule has 1 saturated carbocycles. The van der Waals surface area contributed by atoms with Crippen LogP contribution in [0.25, 0.3) is 0 Å². The number of aromatic nitrogens is 1. The molecule has 4 rings (SSSR count). The summed E-state index contributed by atoms with van der Waals surface area (Å²) in [5.41, 5.74) is 8.50. The van der Waals surface area contributed by atoms with E-state index in [1.165, 1.54) is 0 Å². The van der Waals surface area contributed by atoms with E-state index in [9.17, 15) is 4.79 Å². The molecule has 2 atom stereocenters. The van der Waals surface area contributed by atoms with E-state index in [-0.39, 0.29) is 11.8 Å². The van der Waals surface area contributed by atoms with Crippen molar-refractivity contribution in [1.29, 1.82) is 0 Å². The van der Waals surface area contributed by atoms with E-state index in [1.807, 2.05) is 67.6 Å². The number of nitrogens with zero attached hydrogens (tertiary/aromatic N) is 2. The molecule has 1 aromatic heterocycles. The second-order valence-electron chi connectivity index (χ2n) is 8.34. The Morgan fingerprint density at radius 2 is 1.70 bits per heavy atom. The van der Waals surface area contributed by atoms with E-state index in [0.29, 0.717) is 6.04 Å². The van der Waals surface area contributed by atoms with Gasteiger partial charge in [0.05, 0.1) is 10.7 Å². The first-order valence-corrected chi connectivity index (χ1v) is 11.4. The quantitative estimate of drug-likeness (QED) is 0.612. The molecule has 30 heavy (non-hydrogen) atoms. The second kappa shape index (κ2) is 8.70. The zero-order valence-electron chi connectivity index (χ0n) is 17.6. The maximum Gasteiger partial charge on any atom is 0.232 e. The van der Waals surface area contributed by atoms with Gasteiger partial charge in [0.25, 0.3) is 0 Å². The summed E-state index contributed by atoms with van der Waals surface area (Å²) < 4.78 is 0. The minimum Gasteiger partial charge on any atom is -0.369 e. The van der Waals surface area contributed by atoms with Gasteiger partial charge in [0.1, 0.15) is 5.41 Å². The Bertz CT molecular complexity index is 946. The normalized spacial score (nSPS) is 19.3. The van der Waals surface area contributed by atoms with Crippen molar-refractivity contribution in [3.05, 3.63) is 87.9 Å². The smallest absolute Gasteiger partial charge is 0.232 e. The molecule has 0 aliphatic heterocycles. The summed E-state index contributed by atoms with van der Waals surface area (Å²) in [5, 5.41) is 3.24. The molecule has 0 radical (unpaired) electrons. The molecule has 0 saturated heterocycles. The zero-order valence-corrected chi connectivity index (χ0v) is 18.4. The highest BCUT2D eigenvalue weighted by molar-refractivity contribution is 7.09. The van der Waals surface area contributed by atoms with Gasteiger partial charge in [0.15, 0.2) is 0 Å². The Kier molecular flexibility index (Phi) is 6.02. The van der Waals surface area contributed by atoms with Crippen molar-refractivity contribution in [2.75, 3.05) is 7.05 Å². The summed E-state index contributed by atoms with van der Waals surface area (Å²) in [6.07, 6.45) is 2.96. The zero-order chi connectivity index (χ0) is 21.1. The molecule has 2 aromatic carbocycles. The van der Waals surface area contributed by atoms with Gasteiger partial charge in [-0.2, -0.15) is 0 Å². The summed E-state index contributed by atoms with van der Waals surface area (Å²) in [4.78, 5) is 20.2. The maximum atomic E-state index is 13.2. The van der Waals surface area contributed by atoms with Crippen LogP contribution in [0, 0.1) is 12.8 Å². The summed E-state index contributed by atoms with van der Waals surface area (Å²) in [5.74, 6) is -0.104. The van der Waals surface area contributed by atoms with Crippen LogP contribution in [0.15, 0.2) is 66.0 Å². The van der Waals surface area contributed by atoms with E-state index >= 15 is 0 Å². The molecule has 1 aliphatic rings. The highest BCUT2D eigenvalue weighted by Gasteiger charge is 2.50. The van der Waals surface area contributed by atoms with Crippen molar-refractivity contribution in [2.45, 2.75) is 44.2 Å². The van der Waals surface area contributed by atoms with Gasteiger partial charge in [-0.25, -0.2) is 4.98 Å². The van der Waals surface area contributed by atoms with Crippen molar-refractivity contribution in [1.82, 2.24) is 9.88 Å². The Morgan fingerprint density at radius 1 is 1.10 bits per heavy atom. The predicted molar refractivity (Wildman–Crippen MR) is 122 cm³/mol. The molecular weight excluding hydrogens is 390 g/mol. The van der Waals surface area contributed by atoms with E-state index in [0.717, 1.165) is 47.6 Å². The molecule has 1 fully saturated rings. The van der Waals surface area contributed by atoms with Crippen LogP contribution in [0.3, 0.4) is 0 Å². The lowest BCUT2D eigenvalue weighted by atomic mass is 9.64. The van der Waals surface area contributed by atoms with Crippen LogP contribution in [-0.2, 0) is 16.8 Å². The molecule has 1 heterocycles. The van der Waals surface area contributed by atoms with E-state index in [4.69, 9.17) is 5.73 Å². The van der Waals surface area contributed by atoms with Crippen LogP contribution in [-0.4, -0.2) is 28.9 Å². The van der Waals surface area contributed by atoms with Crippen LogP contribution >= 0.6 is 11.3 Å². The summed E-state index contributed by atoms with van der Waals surface area (Å²) in [6.45, 7) is 2.88. The monoisotopic (exact) mass is 419 g/mol. The topological polar surface area (TPSA) is 59.2 Å². The lowest BCUT2D eigenvalue weighted by molar-refractivity contribution is -0.123. The Morgan fingerprint density at radius 3 is 2.20 bits per heavy atom. The number of carbonyl (C=O) groups excluding carboxylic acids is 1. The molecule has 156 valence electrons. The van der Waals surface area contributed by atoms with E-state index in [1.54, 1.807) is 11.3 Å². The van der Waals surface area contributed by atoms with Crippen LogP contribution in [0.5, 0.6) is 0 Å². The Balaban J connectivity index is 1.66. The fraction of sp³-hybridized carbons (Fsp3) is 0.360. The standard InChI is InChI=1S/C25H29N3OS/c1-18-27-22(17-30-18)16-28(2)23-14-13-21(15-23)25(24(26)29,19-9-5-3-6-10-19)20-11-7-4-8-12-20/h3-12,17,21,23H,13-16H2,1-2H3,(H2,26,29). The lowest BCUT2D eigenvalue weighted by Crippen LogP contribution is -2.48. The third kappa shape index (κ3) is 3.80. The van der Waals surface area contributed by atoms with Gasteiger partial charge >= 0.3 is 0 Å². The number of amides is 1. The van der Waals surface area contributed by atoms with Crippen molar-refractivity contribution < 1.29 is 4.79 Å². The highest BCUT2D eigenvalue weighted by Crippen LogP contribution is 2.47. The minimum atomic E-state index is -0.810. The Hall–Kier alpha value is -2.50. The molecule has 2 unspecified atom stereocenters. The van der Waals surface area contributed by atoms with Crippen molar-refractivity contribution in [3.8, 4) is 0 Å². The van der Waals surface area contributed by atoms with Gasteiger partial charge in [-0.15, -0.1) is 11.3 Å². The Labute approximate surface area is 182 Å².